The molecule has 0 aliphatic carbocycles. The van der Waals surface area contributed by atoms with Gasteiger partial charge in [-0.3, -0.25) is 9.69 Å². The molecule has 4 heteroatoms. The molecule has 0 saturated heterocycles. The lowest BCUT2D eigenvalue weighted by Gasteiger charge is -2.35. The molecule has 0 saturated carbocycles. The van der Waals surface area contributed by atoms with Crippen molar-refractivity contribution in [2.75, 3.05) is 20.3 Å². The molecule has 0 spiro atoms. The van der Waals surface area contributed by atoms with E-state index in [1.54, 1.807) is 7.11 Å². The van der Waals surface area contributed by atoms with Gasteiger partial charge < -0.3 is 9.84 Å². The van der Waals surface area contributed by atoms with E-state index in [1.807, 2.05) is 23.1 Å². The number of hydrogen-bond acceptors (Lipinski definition) is 3. The molecular formula is C15H21NO3. The minimum absolute atomic E-state index is 0.331. The lowest BCUT2D eigenvalue weighted by Crippen LogP contribution is -2.47. The Morgan fingerprint density at radius 2 is 2.16 bits per heavy atom. The Labute approximate surface area is 114 Å². The van der Waals surface area contributed by atoms with E-state index in [9.17, 15) is 9.90 Å². The van der Waals surface area contributed by atoms with Crippen molar-refractivity contribution < 1.29 is 14.6 Å². The first-order valence-corrected chi connectivity index (χ1v) is 6.64. The number of benzene rings is 1. The summed E-state index contributed by atoms with van der Waals surface area (Å²) in [5.41, 5.74) is 2.40. The minimum atomic E-state index is -0.737. The van der Waals surface area contributed by atoms with Gasteiger partial charge in [-0.05, 0) is 23.5 Å². The van der Waals surface area contributed by atoms with Crippen molar-refractivity contribution in [3.05, 3.63) is 35.4 Å². The fraction of sp³-hybridized carbons (Fsp3) is 0.533. The molecule has 2 rings (SSSR count). The van der Waals surface area contributed by atoms with Crippen molar-refractivity contribution in [1.29, 1.82) is 0 Å². The van der Waals surface area contributed by atoms with Gasteiger partial charge in [-0.2, -0.15) is 0 Å². The molecule has 2 atom stereocenters. The number of carbonyl (C=O) groups is 1. The molecule has 0 amide bonds. The summed E-state index contributed by atoms with van der Waals surface area (Å²) < 4.78 is 5.14. The highest BCUT2D eigenvalue weighted by Gasteiger charge is 2.31. The monoisotopic (exact) mass is 263 g/mol. The fourth-order valence-electron chi connectivity index (χ4n) is 2.75. The zero-order chi connectivity index (χ0) is 13.8. The number of ether oxygens (including phenoxy) is 1. The van der Waals surface area contributed by atoms with Crippen molar-refractivity contribution in [1.82, 2.24) is 4.90 Å². The normalized spacial score (nSPS) is 20.8. The van der Waals surface area contributed by atoms with E-state index in [1.165, 1.54) is 5.56 Å². The Morgan fingerprint density at radius 3 is 2.79 bits per heavy atom. The van der Waals surface area contributed by atoms with Crippen molar-refractivity contribution >= 4 is 5.97 Å². The average molecular weight is 263 g/mol. The molecule has 4 nitrogen and oxygen atoms in total. The highest BCUT2D eigenvalue weighted by Crippen LogP contribution is 2.24. The Kier molecular flexibility index (Phi) is 4.56. The largest absolute Gasteiger partial charge is 0.480 e. The predicted molar refractivity (Wildman–Crippen MR) is 73.0 cm³/mol. The van der Waals surface area contributed by atoms with E-state index in [2.05, 4.69) is 13.0 Å². The Morgan fingerprint density at radius 1 is 1.47 bits per heavy atom. The third kappa shape index (κ3) is 3.33. The lowest BCUT2D eigenvalue weighted by atomic mass is 9.93. The molecule has 1 aliphatic rings. The molecule has 2 unspecified atom stereocenters. The molecule has 19 heavy (non-hydrogen) atoms. The summed E-state index contributed by atoms with van der Waals surface area (Å²) in [5.74, 6) is -0.406. The first-order valence-electron chi connectivity index (χ1n) is 6.64. The molecule has 1 N–H and O–H groups in total. The molecule has 0 fully saturated rings. The molecule has 0 bridgehead atoms. The van der Waals surface area contributed by atoms with Crippen LogP contribution in [-0.2, 0) is 22.5 Å². The van der Waals surface area contributed by atoms with Crippen LogP contribution in [0.15, 0.2) is 24.3 Å². The van der Waals surface area contributed by atoms with Crippen LogP contribution in [-0.4, -0.2) is 42.3 Å². The smallest absolute Gasteiger partial charge is 0.321 e. The maximum Gasteiger partial charge on any atom is 0.321 e. The van der Waals surface area contributed by atoms with Gasteiger partial charge in [-0.1, -0.05) is 31.2 Å². The summed E-state index contributed by atoms with van der Waals surface area (Å²) in [7, 11) is 1.68. The zero-order valence-electron chi connectivity index (χ0n) is 11.5. The fourth-order valence-corrected chi connectivity index (χ4v) is 2.75. The molecule has 0 radical (unpaired) electrons. The van der Waals surface area contributed by atoms with Crippen LogP contribution in [0.2, 0.25) is 0 Å². The quantitative estimate of drug-likeness (QED) is 0.879. The van der Waals surface area contributed by atoms with E-state index in [0.29, 0.717) is 25.5 Å². The molecule has 1 aliphatic heterocycles. The highest BCUT2D eigenvalue weighted by atomic mass is 16.5. The standard InChI is InChI=1S/C15H21NO3/c1-11(10-19-2)8-16-9-13-6-4-3-5-12(13)7-14(16)15(17)18/h3-6,11,14H,7-10H2,1-2H3,(H,17,18). The van der Waals surface area contributed by atoms with Gasteiger partial charge in [0, 0.05) is 26.8 Å². The molecule has 1 aromatic carbocycles. The lowest BCUT2D eigenvalue weighted by molar-refractivity contribution is -0.144. The Bertz CT molecular complexity index is 447. The SMILES string of the molecule is COCC(C)CN1Cc2ccccc2CC1C(=O)O. The van der Waals surface area contributed by atoms with Gasteiger partial charge in [0.1, 0.15) is 6.04 Å². The number of methoxy groups -OCH3 is 1. The maximum atomic E-state index is 11.4. The zero-order valence-corrected chi connectivity index (χ0v) is 11.5. The first-order chi connectivity index (χ1) is 9.11. The third-order valence-electron chi connectivity index (χ3n) is 3.63. The van der Waals surface area contributed by atoms with E-state index in [4.69, 9.17) is 4.74 Å². The second-order valence-electron chi connectivity index (χ2n) is 5.32. The van der Waals surface area contributed by atoms with E-state index in [0.717, 1.165) is 12.1 Å². The van der Waals surface area contributed by atoms with Crippen LogP contribution in [0.25, 0.3) is 0 Å². The van der Waals surface area contributed by atoms with Crippen LogP contribution in [0.3, 0.4) is 0 Å². The Balaban J connectivity index is 2.14. The highest BCUT2D eigenvalue weighted by molar-refractivity contribution is 5.74. The van der Waals surface area contributed by atoms with Gasteiger partial charge in [0.15, 0.2) is 0 Å². The van der Waals surface area contributed by atoms with Crippen LogP contribution in [0.5, 0.6) is 0 Å². The third-order valence-corrected chi connectivity index (χ3v) is 3.63. The van der Waals surface area contributed by atoms with Crippen molar-refractivity contribution in [2.24, 2.45) is 5.92 Å². The van der Waals surface area contributed by atoms with Crippen LogP contribution in [0.4, 0.5) is 0 Å². The van der Waals surface area contributed by atoms with Crippen LogP contribution >= 0.6 is 0 Å². The van der Waals surface area contributed by atoms with Crippen LogP contribution in [0, 0.1) is 5.92 Å². The Hall–Kier alpha value is -1.39. The average Bonchev–Trinajstić information content (AvgIpc) is 2.38. The van der Waals surface area contributed by atoms with Gasteiger partial charge in [0.2, 0.25) is 0 Å². The number of hydrogen-bond donors (Lipinski definition) is 1. The first kappa shape index (κ1) is 14.0. The second kappa shape index (κ2) is 6.17. The molecular weight excluding hydrogens is 242 g/mol. The number of nitrogens with zero attached hydrogens (tertiary/aromatic N) is 1. The molecule has 1 heterocycles. The number of aliphatic carboxylic acids is 1. The summed E-state index contributed by atoms with van der Waals surface area (Å²) in [4.78, 5) is 13.5. The predicted octanol–water partition coefficient (Wildman–Crippen LogP) is 1.78. The second-order valence-corrected chi connectivity index (χ2v) is 5.32. The van der Waals surface area contributed by atoms with Gasteiger partial charge in [-0.15, -0.1) is 0 Å². The summed E-state index contributed by atoms with van der Waals surface area (Å²) in [6, 6.07) is 7.68. The summed E-state index contributed by atoms with van der Waals surface area (Å²) >= 11 is 0. The minimum Gasteiger partial charge on any atom is -0.480 e. The van der Waals surface area contributed by atoms with E-state index < -0.39 is 12.0 Å². The van der Waals surface area contributed by atoms with Gasteiger partial charge in [-0.25, -0.2) is 0 Å². The number of carboxylic acids is 1. The molecule has 0 aromatic heterocycles. The number of carboxylic acid groups (broad SMARTS) is 1. The van der Waals surface area contributed by atoms with Crippen molar-refractivity contribution in [3.63, 3.8) is 0 Å². The van der Waals surface area contributed by atoms with E-state index >= 15 is 0 Å². The van der Waals surface area contributed by atoms with Crippen LogP contribution in [0.1, 0.15) is 18.1 Å². The van der Waals surface area contributed by atoms with E-state index in [-0.39, 0.29) is 0 Å². The number of rotatable bonds is 5. The van der Waals surface area contributed by atoms with Gasteiger partial charge in [0.25, 0.3) is 0 Å². The topological polar surface area (TPSA) is 49.8 Å². The summed E-state index contributed by atoms with van der Waals surface area (Å²) in [6.45, 7) is 4.20. The summed E-state index contributed by atoms with van der Waals surface area (Å²) in [5, 5.41) is 9.40. The van der Waals surface area contributed by atoms with Crippen molar-refractivity contribution in [2.45, 2.75) is 25.9 Å². The van der Waals surface area contributed by atoms with Gasteiger partial charge in [0.05, 0.1) is 0 Å². The number of fused-ring (bicyclic) bond motifs is 1. The maximum absolute atomic E-state index is 11.4. The van der Waals surface area contributed by atoms with Crippen molar-refractivity contribution in [3.8, 4) is 0 Å². The molecule has 104 valence electrons. The summed E-state index contributed by atoms with van der Waals surface area (Å²) in [6.07, 6.45) is 0.589. The van der Waals surface area contributed by atoms with Crippen LogP contribution < -0.4 is 0 Å². The molecule has 1 aromatic rings. The van der Waals surface area contributed by atoms with Gasteiger partial charge >= 0.3 is 5.97 Å².